The van der Waals surface area contributed by atoms with E-state index in [1.54, 1.807) is 0 Å². The predicted octanol–water partition coefficient (Wildman–Crippen LogP) is 0.790. The summed E-state index contributed by atoms with van der Waals surface area (Å²) >= 11 is 0. The lowest BCUT2D eigenvalue weighted by molar-refractivity contribution is -0.162. The van der Waals surface area contributed by atoms with Crippen LogP contribution < -0.4 is 0 Å². The summed E-state index contributed by atoms with van der Waals surface area (Å²) in [6, 6.07) is 0. The Balaban J connectivity index is 3.95. The fraction of sp³-hybridized carbons (Fsp3) is 0.714. The van der Waals surface area contributed by atoms with Crippen LogP contribution in [0.2, 0.25) is 0 Å². The fourth-order valence-corrected chi connectivity index (χ4v) is 0.577. The Morgan fingerprint density at radius 2 is 1.87 bits per heavy atom. The monoisotopic (exact) mass is 229 g/mol. The van der Waals surface area contributed by atoms with Crippen LogP contribution in [0.15, 0.2) is 0 Å². The molecule has 0 saturated heterocycles. The van der Waals surface area contributed by atoms with Gasteiger partial charge in [0.15, 0.2) is 6.61 Å². The van der Waals surface area contributed by atoms with Crippen LogP contribution in [-0.4, -0.2) is 50.4 Å². The van der Waals surface area contributed by atoms with Gasteiger partial charge in [-0.25, -0.2) is 4.79 Å². The van der Waals surface area contributed by atoms with Crippen molar-refractivity contribution in [3.05, 3.63) is 0 Å². The minimum atomic E-state index is -4.58. The van der Waals surface area contributed by atoms with Gasteiger partial charge in [0.05, 0.1) is 7.11 Å². The number of nitrogens with zero attached hydrogens (tertiary/aromatic N) is 1. The normalized spacial score (nSPS) is 10.7. The van der Waals surface area contributed by atoms with Crippen LogP contribution in [-0.2, 0) is 14.3 Å². The molecule has 0 aromatic carbocycles. The quantitative estimate of drug-likeness (QED) is 0.671. The van der Waals surface area contributed by atoms with E-state index in [9.17, 15) is 22.8 Å². The molecule has 0 atom stereocenters. The number of carbonyl (C=O) groups is 2. The molecule has 0 heterocycles. The molecule has 0 radical (unpaired) electrons. The maximum atomic E-state index is 11.6. The second-order valence-electron chi connectivity index (χ2n) is 2.60. The molecule has 0 aliphatic rings. The lowest BCUT2D eigenvalue weighted by Gasteiger charge is -2.16. The molecule has 8 heteroatoms. The molecule has 0 spiro atoms. The van der Waals surface area contributed by atoms with Crippen molar-refractivity contribution in [3.8, 4) is 0 Å². The van der Waals surface area contributed by atoms with E-state index in [-0.39, 0.29) is 0 Å². The van der Waals surface area contributed by atoms with Crippen LogP contribution in [0, 0.1) is 0 Å². The highest BCUT2D eigenvalue weighted by atomic mass is 19.4. The third-order valence-corrected chi connectivity index (χ3v) is 1.26. The highest BCUT2D eigenvalue weighted by Gasteiger charge is 2.30. The first-order chi connectivity index (χ1) is 6.76. The van der Waals surface area contributed by atoms with Crippen molar-refractivity contribution in [2.75, 3.05) is 27.3 Å². The van der Waals surface area contributed by atoms with Crippen LogP contribution in [0.25, 0.3) is 0 Å². The number of amides is 1. The van der Waals surface area contributed by atoms with Gasteiger partial charge in [-0.15, -0.1) is 0 Å². The van der Waals surface area contributed by atoms with Crippen LogP contribution in [0.5, 0.6) is 0 Å². The zero-order chi connectivity index (χ0) is 12.1. The first kappa shape index (κ1) is 13.5. The summed E-state index contributed by atoms with van der Waals surface area (Å²) in [6.45, 7) is -2.15. The lowest BCUT2D eigenvalue weighted by atomic mass is 10.6. The number of alkyl halides is 3. The minimum absolute atomic E-state index is 0.465. The van der Waals surface area contributed by atoms with Crippen LogP contribution >= 0.6 is 0 Å². The van der Waals surface area contributed by atoms with Gasteiger partial charge in [0.25, 0.3) is 0 Å². The van der Waals surface area contributed by atoms with Crippen molar-refractivity contribution < 1.29 is 32.2 Å². The number of halogens is 3. The highest BCUT2D eigenvalue weighted by molar-refractivity contribution is 5.77. The summed E-state index contributed by atoms with van der Waals surface area (Å²) in [5.41, 5.74) is 0. The van der Waals surface area contributed by atoms with Crippen molar-refractivity contribution in [2.24, 2.45) is 0 Å². The van der Waals surface area contributed by atoms with Gasteiger partial charge in [-0.2, -0.15) is 13.2 Å². The molecule has 88 valence electrons. The molecule has 0 unspecified atom stereocenters. The average molecular weight is 229 g/mol. The Kier molecular flexibility index (Phi) is 4.89. The van der Waals surface area contributed by atoms with Gasteiger partial charge in [-0.05, 0) is 0 Å². The fourth-order valence-electron chi connectivity index (χ4n) is 0.577. The smallest absolute Gasteiger partial charge is 0.422 e. The number of carbonyl (C=O) groups excluding carboxylic acids is 2. The van der Waals surface area contributed by atoms with E-state index < -0.39 is 31.4 Å². The minimum Gasteiger partial charge on any atom is -0.468 e. The van der Waals surface area contributed by atoms with E-state index in [0.29, 0.717) is 4.90 Å². The number of methoxy groups -OCH3 is 1. The molecule has 0 aromatic heterocycles. The van der Waals surface area contributed by atoms with Gasteiger partial charge in [-0.1, -0.05) is 0 Å². The molecule has 5 nitrogen and oxygen atoms in total. The summed E-state index contributed by atoms with van der Waals surface area (Å²) in [5, 5.41) is 0. The van der Waals surface area contributed by atoms with Crippen LogP contribution in [0.4, 0.5) is 18.0 Å². The van der Waals surface area contributed by atoms with E-state index in [2.05, 4.69) is 9.47 Å². The molecular formula is C7H10F3NO4. The number of hydrogen-bond acceptors (Lipinski definition) is 4. The Labute approximate surface area is 83.7 Å². The molecule has 0 rings (SSSR count). The van der Waals surface area contributed by atoms with E-state index >= 15 is 0 Å². The van der Waals surface area contributed by atoms with Gasteiger partial charge < -0.3 is 14.4 Å². The zero-order valence-electron chi connectivity index (χ0n) is 8.13. The largest absolute Gasteiger partial charge is 0.468 e. The first-order valence-corrected chi connectivity index (χ1v) is 3.77. The standard InChI is InChI=1S/C7H10F3NO4/c1-11(3-5(12)14-2)6(13)15-4-7(8,9)10/h3-4H2,1-2H3. The topological polar surface area (TPSA) is 55.8 Å². The number of rotatable bonds is 3. The van der Waals surface area contributed by atoms with Gasteiger partial charge >= 0.3 is 18.2 Å². The summed E-state index contributed by atoms with van der Waals surface area (Å²) in [4.78, 5) is 22.1. The molecule has 15 heavy (non-hydrogen) atoms. The van der Waals surface area contributed by atoms with Crippen molar-refractivity contribution in [3.63, 3.8) is 0 Å². The second kappa shape index (κ2) is 5.42. The molecule has 0 saturated carbocycles. The van der Waals surface area contributed by atoms with Gasteiger partial charge in [-0.3, -0.25) is 4.79 Å². The Morgan fingerprint density at radius 3 is 2.27 bits per heavy atom. The Bertz CT molecular complexity index is 241. The average Bonchev–Trinajstić information content (AvgIpc) is 2.12. The van der Waals surface area contributed by atoms with E-state index in [1.807, 2.05) is 0 Å². The second-order valence-corrected chi connectivity index (χ2v) is 2.60. The van der Waals surface area contributed by atoms with Gasteiger partial charge in [0.2, 0.25) is 0 Å². The van der Waals surface area contributed by atoms with Gasteiger partial charge in [0, 0.05) is 7.05 Å². The summed E-state index contributed by atoms with van der Waals surface area (Å²) in [5.74, 6) is -0.749. The molecular weight excluding hydrogens is 219 g/mol. The van der Waals surface area contributed by atoms with E-state index in [4.69, 9.17) is 0 Å². The maximum absolute atomic E-state index is 11.6. The summed E-state index contributed by atoms with van der Waals surface area (Å²) < 4.78 is 42.9. The molecule has 0 aromatic rings. The van der Waals surface area contributed by atoms with Gasteiger partial charge in [0.1, 0.15) is 6.54 Å². The molecule has 0 aliphatic heterocycles. The third kappa shape index (κ3) is 6.58. The van der Waals surface area contributed by atoms with Crippen LogP contribution in [0.3, 0.4) is 0 Å². The van der Waals surface area contributed by atoms with Crippen molar-refractivity contribution in [1.29, 1.82) is 0 Å². The zero-order valence-corrected chi connectivity index (χ0v) is 8.13. The summed E-state index contributed by atoms with van der Waals surface area (Å²) in [6.07, 6.45) is -5.82. The van der Waals surface area contributed by atoms with E-state index in [1.165, 1.54) is 0 Å². The Morgan fingerprint density at radius 1 is 1.33 bits per heavy atom. The maximum Gasteiger partial charge on any atom is 0.422 e. The number of hydrogen-bond donors (Lipinski definition) is 0. The van der Waals surface area contributed by atoms with Crippen molar-refractivity contribution >= 4 is 12.1 Å². The summed E-state index contributed by atoms with van der Waals surface area (Å²) in [7, 11) is 2.22. The van der Waals surface area contributed by atoms with Crippen LogP contribution in [0.1, 0.15) is 0 Å². The molecule has 0 N–H and O–H groups in total. The van der Waals surface area contributed by atoms with Crippen molar-refractivity contribution in [1.82, 2.24) is 4.90 Å². The lowest BCUT2D eigenvalue weighted by Crippen LogP contribution is -2.35. The predicted molar refractivity (Wildman–Crippen MR) is 42.0 cm³/mol. The molecule has 0 bridgehead atoms. The molecule has 0 aliphatic carbocycles. The third-order valence-electron chi connectivity index (χ3n) is 1.26. The van der Waals surface area contributed by atoms with E-state index in [0.717, 1.165) is 14.2 Å². The first-order valence-electron chi connectivity index (χ1n) is 3.77. The molecule has 0 fully saturated rings. The highest BCUT2D eigenvalue weighted by Crippen LogP contribution is 2.14. The molecule has 1 amide bonds. The number of esters is 1. The SMILES string of the molecule is COC(=O)CN(C)C(=O)OCC(F)(F)F. The Hall–Kier alpha value is -1.47. The number of ether oxygens (including phenoxy) is 2. The number of likely N-dealkylation sites (N-methyl/N-ethyl adjacent to an activating group) is 1. The van der Waals surface area contributed by atoms with Crippen molar-refractivity contribution in [2.45, 2.75) is 6.18 Å².